The summed E-state index contributed by atoms with van der Waals surface area (Å²) < 4.78 is 5.04. The van der Waals surface area contributed by atoms with Crippen molar-refractivity contribution in [3.8, 4) is 27.9 Å². The van der Waals surface area contributed by atoms with E-state index in [1.54, 1.807) is 0 Å². The van der Waals surface area contributed by atoms with Crippen LogP contribution in [0.1, 0.15) is 0 Å². The maximum Gasteiger partial charge on any atom is 0.0562 e. The molecule has 0 aliphatic carbocycles. The van der Waals surface area contributed by atoms with Gasteiger partial charge in [0.15, 0.2) is 0 Å². The van der Waals surface area contributed by atoms with E-state index in [0.29, 0.717) is 0 Å². The minimum Gasteiger partial charge on any atom is -0.310 e. The Morgan fingerprint density at radius 3 is 1.81 bits per heavy atom. The molecular weight excluding hydrogens is 733 g/mol. The standard InChI is InChI=1S/C56H36N2S/c1-3-13-37(14-4-1)41-18-11-19-44(34-41)58-50-22-10-9-21-48(50)56-51(23-12-24-52(56)58)57(45-29-27-39-25-26-42(33-43(39)35-45)38-15-5-2-6-16-38)46-30-32-53-49(36-46)55-47-20-8-7-17-40(47)28-31-54(55)59-53/h1-36H. The molecule has 0 radical (unpaired) electrons. The zero-order valence-corrected chi connectivity index (χ0v) is 32.9. The Bertz CT molecular complexity index is 3560. The molecule has 0 unspecified atom stereocenters. The molecule has 0 spiro atoms. The highest BCUT2D eigenvalue weighted by Crippen LogP contribution is 2.47. The molecule has 276 valence electrons. The lowest BCUT2D eigenvalue weighted by atomic mass is 10.00. The van der Waals surface area contributed by atoms with Gasteiger partial charge in [0.05, 0.1) is 16.7 Å². The number of nitrogens with zero attached hydrogens (tertiary/aromatic N) is 2. The van der Waals surface area contributed by atoms with Crippen LogP contribution in [0.15, 0.2) is 218 Å². The molecule has 2 nitrogen and oxygen atoms in total. The molecule has 59 heavy (non-hydrogen) atoms. The van der Waals surface area contributed by atoms with E-state index in [9.17, 15) is 0 Å². The van der Waals surface area contributed by atoms with Crippen molar-refractivity contribution in [1.29, 1.82) is 0 Å². The van der Waals surface area contributed by atoms with Crippen LogP contribution in [0.4, 0.5) is 17.1 Å². The van der Waals surface area contributed by atoms with Crippen molar-refractivity contribution in [1.82, 2.24) is 4.57 Å². The summed E-state index contributed by atoms with van der Waals surface area (Å²) in [6.07, 6.45) is 0. The Morgan fingerprint density at radius 1 is 0.339 bits per heavy atom. The van der Waals surface area contributed by atoms with Gasteiger partial charge >= 0.3 is 0 Å². The maximum absolute atomic E-state index is 2.49. The van der Waals surface area contributed by atoms with Crippen LogP contribution in [0.3, 0.4) is 0 Å². The van der Waals surface area contributed by atoms with E-state index in [2.05, 4.69) is 228 Å². The first-order valence-electron chi connectivity index (χ1n) is 20.2. The number of hydrogen-bond acceptors (Lipinski definition) is 2. The molecule has 3 heteroatoms. The van der Waals surface area contributed by atoms with Crippen molar-refractivity contribution in [2.75, 3.05) is 4.90 Å². The molecule has 0 fully saturated rings. The molecule has 12 aromatic rings. The molecule has 0 saturated carbocycles. The third-order valence-electron chi connectivity index (χ3n) is 11.9. The third kappa shape index (κ3) is 5.55. The molecule has 12 rings (SSSR count). The molecule has 2 heterocycles. The first-order valence-corrected chi connectivity index (χ1v) is 21.0. The van der Waals surface area contributed by atoms with Crippen LogP contribution in [-0.4, -0.2) is 4.57 Å². The molecule has 0 saturated heterocycles. The number of fused-ring (bicyclic) bond motifs is 9. The molecule has 0 N–H and O–H groups in total. The van der Waals surface area contributed by atoms with Crippen molar-refractivity contribution < 1.29 is 0 Å². The van der Waals surface area contributed by atoms with Gasteiger partial charge in [0.2, 0.25) is 0 Å². The summed E-state index contributed by atoms with van der Waals surface area (Å²) >= 11 is 1.87. The van der Waals surface area contributed by atoms with Gasteiger partial charge < -0.3 is 9.47 Å². The zero-order chi connectivity index (χ0) is 38.9. The van der Waals surface area contributed by atoms with E-state index < -0.39 is 0 Å². The number of rotatable bonds is 6. The van der Waals surface area contributed by atoms with Gasteiger partial charge in [-0.3, -0.25) is 0 Å². The Kier molecular flexibility index (Phi) is 7.75. The van der Waals surface area contributed by atoms with Crippen LogP contribution in [0.5, 0.6) is 0 Å². The molecule has 0 aliphatic rings. The Labute approximate surface area is 346 Å². The number of hydrogen-bond donors (Lipinski definition) is 0. The lowest BCUT2D eigenvalue weighted by molar-refractivity contribution is 1.18. The lowest BCUT2D eigenvalue weighted by Crippen LogP contribution is -2.10. The van der Waals surface area contributed by atoms with Crippen molar-refractivity contribution in [3.63, 3.8) is 0 Å². The SMILES string of the molecule is c1ccc(-c2cccc(-n3c4ccccc4c4c(N(c5ccc6ccc(-c7ccccc7)cc6c5)c5ccc6sc7ccc8ccccc8c7c6c5)cccc43)c2)cc1. The third-order valence-corrected chi connectivity index (χ3v) is 13.1. The van der Waals surface area contributed by atoms with Crippen molar-refractivity contribution in [2.24, 2.45) is 0 Å². The maximum atomic E-state index is 2.49. The van der Waals surface area contributed by atoms with E-state index in [1.165, 1.54) is 85.8 Å². The molecule has 0 aliphatic heterocycles. The number of aromatic nitrogens is 1. The molecule has 0 atom stereocenters. The van der Waals surface area contributed by atoms with E-state index >= 15 is 0 Å². The Morgan fingerprint density at radius 2 is 0.966 bits per heavy atom. The summed E-state index contributed by atoms with van der Waals surface area (Å²) in [6.45, 7) is 0. The van der Waals surface area contributed by atoms with E-state index in [4.69, 9.17) is 0 Å². The second-order valence-corrected chi connectivity index (χ2v) is 16.4. The molecule has 10 aromatic carbocycles. The van der Waals surface area contributed by atoms with Gasteiger partial charge in [-0.05, 0) is 117 Å². The molecule has 0 amide bonds. The average molecular weight is 769 g/mol. The first-order chi connectivity index (χ1) is 29.2. The number of para-hydroxylation sites is 1. The van der Waals surface area contributed by atoms with Gasteiger partial charge in [0, 0.05) is 48.0 Å². The minimum absolute atomic E-state index is 1.11. The van der Waals surface area contributed by atoms with Crippen LogP contribution >= 0.6 is 11.3 Å². The van der Waals surface area contributed by atoms with E-state index in [-0.39, 0.29) is 0 Å². The second-order valence-electron chi connectivity index (χ2n) is 15.3. The Hall–Kier alpha value is -7.46. The van der Waals surface area contributed by atoms with Gasteiger partial charge in [-0.15, -0.1) is 11.3 Å². The number of thiophene rings is 1. The van der Waals surface area contributed by atoms with Crippen LogP contribution in [-0.2, 0) is 0 Å². The van der Waals surface area contributed by atoms with E-state index in [1.807, 2.05) is 11.3 Å². The summed E-state index contributed by atoms with van der Waals surface area (Å²) in [5, 5.41) is 10.0. The van der Waals surface area contributed by atoms with Crippen LogP contribution in [0.25, 0.3) is 91.5 Å². The molecule has 2 aromatic heterocycles. The second kappa shape index (κ2) is 13.6. The fraction of sp³-hybridized carbons (Fsp3) is 0. The molecule has 0 bridgehead atoms. The van der Waals surface area contributed by atoms with Gasteiger partial charge in [0.1, 0.15) is 0 Å². The van der Waals surface area contributed by atoms with E-state index in [0.717, 1.165) is 22.7 Å². The monoisotopic (exact) mass is 768 g/mol. The summed E-state index contributed by atoms with van der Waals surface area (Å²) in [4.78, 5) is 2.49. The van der Waals surface area contributed by atoms with Gasteiger partial charge in [0.25, 0.3) is 0 Å². The average Bonchev–Trinajstić information content (AvgIpc) is 3.86. The Balaban J connectivity index is 1.13. The predicted octanol–water partition coefficient (Wildman–Crippen LogP) is 16.3. The first kappa shape index (κ1) is 33.7. The fourth-order valence-corrected chi connectivity index (χ4v) is 10.3. The normalized spacial score (nSPS) is 11.7. The van der Waals surface area contributed by atoms with Gasteiger partial charge in [-0.2, -0.15) is 0 Å². The van der Waals surface area contributed by atoms with Crippen molar-refractivity contribution in [3.05, 3.63) is 218 Å². The largest absolute Gasteiger partial charge is 0.310 e. The highest BCUT2D eigenvalue weighted by atomic mass is 32.1. The number of benzene rings is 10. The summed E-state index contributed by atoms with van der Waals surface area (Å²) in [7, 11) is 0. The highest BCUT2D eigenvalue weighted by Gasteiger charge is 2.22. The smallest absolute Gasteiger partial charge is 0.0562 e. The lowest BCUT2D eigenvalue weighted by Gasteiger charge is -2.27. The quantitative estimate of drug-likeness (QED) is 0.164. The van der Waals surface area contributed by atoms with Gasteiger partial charge in [-0.1, -0.05) is 146 Å². The van der Waals surface area contributed by atoms with Crippen LogP contribution in [0, 0.1) is 0 Å². The van der Waals surface area contributed by atoms with Crippen molar-refractivity contribution >= 4 is 91.9 Å². The fourth-order valence-electron chi connectivity index (χ4n) is 9.20. The summed E-state index contributed by atoms with van der Waals surface area (Å²) in [6, 6.07) is 80.1. The minimum atomic E-state index is 1.11. The number of anilines is 3. The predicted molar refractivity (Wildman–Crippen MR) is 254 cm³/mol. The van der Waals surface area contributed by atoms with Gasteiger partial charge in [-0.25, -0.2) is 0 Å². The zero-order valence-electron chi connectivity index (χ0n) is 32.1. The molecular formula is C56H36N2S. The topological polar surface area (TPSA) is 8.17 Å². The summed E-state index contributed by atoms with van der Waals surface area (Å²) in [5.74, 6) is 0. The van der Waals surface area contributed by atoms with Crippen LogP contribution in [0.2, 0.25) is 0 Å². The summed E-state index contributed by atoms with van der Waals surface area (Å²) in [5.41, 5.74) is 11.7. The van der Waals surface area contributed by atoms with Crippen LogP contribution < -0.4 is 4.90 Å². The van der Waals surface area contributed by atoms with Crippen molar-refractivity contribution in [2.45, 2.75) is 0 Å². The highest BCUT2D eigenvalue weighted by molar-refractivity contribution is 7.26.